The molecule has 2 aliphatic rings. The van der Waals surface area contributed by atoms with E-state index in [4.69, 9.17) is 4.74 Å². The Kier molecular flexibility index (Phi) is 1.79. The van der Waals surface area contributed by atoms with Gasteiger partial charge in [-0.15, -0.1) is 11.3 Å². The van der Waals surface area contributed by atoms with Gasteiger partial charge in [0.25, 0.3) is 0 Å². The maximum Gasteiger partial charge on any atom is 0.102 e. The summed E-state index contributed by atoms with van der Waals surface area (Å²) < 4.78 is 6.42. The fourth-order valence-corrected chi connectivity index (χ4v) is 4.18. The lowest BCUT2D eigenvalue weighted by atomic mass is 10.0. The van der Waals surface area contributed by atoms with Crippen molar-refractivity contribution in [3.05, 3.63) is 20.8 Å². The van der Waals surface area contributed by atoms with E-state index in [0.717, 1.165) is 17.7 Å². The molecule has 2 fully saturated rings. The second-order valence-electron chi connectivity index (χ2n) is 3.86. The van der Waals surface area contributed by atoms with Crippen molar-refractivity contribution in [3.63, 3.8) is 0 Å². The van der Waals surface area contributed by atoms with Gasteiger partial charge in [-0.1, -0.05) is 0 Å². The monoisotopic (exact) mass is 269 g/mol. The summed E-state index contributed by atoms with van der Waals surface area (Å²) in [6.07, 6.45) is 0. The number of halogens is 1. The lowest BCUT2D eigenvalue weighted by Gasteiger charge is -2.09. The Morgan fingerprint density at radius 1 is 1.57 bits per heavy atom. The van der Waals surface area contributed by atoms with E-state index >= 15 is 0 Å². The minimum Gasteiger partial charge on any atom is -0.381 e. The number of fused-ring (bicyclic) bond motifs is 1. The average Bonchev–Trinajstić information content (AvgIpc) is 2.66. The molecule has 1 aliphatic carbocycles. The molecule has 0 aromatic carbocycles. The van der Waals surface area contributed by atoms with Crippen LogP contribution in [0.3, 0.4) is 0 Å². The largest absolute Gasteiger partial charge is 0.381 e. The smallest absolute Gasteiger partial charge is 0.102 e. The first-order chi connectivity index (χ1) is 6.79. The second-order valence-corrected chi connectivity index (χ2v) is 5.69. The van der Waals surface area contributed by atoms with Gasteiger partial charge in [-0.2, -0.15) is 5.26 Å². The fourth-order valence-electron chi connectivity index (χ4n) is 2.47. The molecular formula is C10H8BrNOS. The number of hydrogen-bond donors (Lipinski definition) is 0. The topological polar surface area (TPSA) is 33.0 Å². The molecule has 0 bridgehead atoms. The van der Waals surface area contributed by atoms with Gasteiger partial charge in [-0.3, -0.25) is 0 Å². The van der Waals surface area contributed by atoms with E-state index in [1.807, 2.05) is 5.38 Å². The summed E-state index contributed by atoms with van der Waals surface area (Å²) in [6.45, 7) is 1.52. The molecule has 1 saturated carbocycles. The van der Waals surface area contributed by atoms with Crippen molar-refractivity contribution >= 4 is 27.3 Å². The highest BCUT2D eigenvalue weighted by Gasteiger charge is 2.69. The zero-order chi connectivity index (χ0) is 9.76. The van der Waals surface area contributed by atoms with E-state index < -0.39 is 0 Å². The number of nitrogens with zero attached hydrogens (tertiary/aromatic N) is 1. The van der Waals surface area contributed by atoms with Crippen molar-refractivity contribution < 1.29 is 4.74 Å². The molecule has 3 rings (SSSR count). The molecule has 0 N–H and O–H groups in total. The van der Waals surface area contributed by atoms with Crippen LogP contribution in [0, 0.1) is 23.2 Å². The van der Waals surface area contributed by atoms with Gasteiger partial charge in [0, 0.05) is 26.6 Å². The van der Waals surface area contributed by atoms with E-state index in [-0.39, 0.29) is 5.41 Å². The summed E-state index contributed by atoms with van der Waals surface area (Å²) in [7, 11) is 0. The number of nitriles is 1. The molecular weight excluding hydrogens is 262 g/mol. The van der Waals surface area contributed by atoms with E-state index in [1.165, 1.54) is 4.88 Å². The van der Waals surface area contributed by atoms with Crippen LogP contribution in [0.4, 0.5) is 0 Å². The standard InChI is InChI=1S/C10H8BrNOS/c11-6-1-9(14-4-6)10(5-12)7-2-13-3-8(7)10/h1,4,7-8H,2-3H2/t7-,8+,10?. The van der Waals surface area contributed by atoms with Crippen LogP contribution in [0.25, 0.3) is 0 Å². The van der Waals surface area contributed by atoms with Crippen LogP contribution in [-0.4, -0.2) is 13.2 Å². The molecule has 3 atom stereocenters. The quantitative estimate of drug-likeness (QED) is 0.785. The van der Waals surface area contributed by atoms with E-state index in [2.05, 4.69) is 28.1 Å². The first-order valence-electron chi connectivity index (χ1n) is 4.52. The predicted octanol–water partition coefficient (Wildman–Crippen LogP) is 2.55. The molecule has 1 aliphatic heterocycles. The van der Waals surface area contributed by atoms with E-state index in [1.54, 1.807) is 11.3 Å². The third-order valence-electron chi connectivity index (χ3n) is 3.30. The van der Waals surface area contributed by atoms with Gasteiger partial charge in [0.2, 0.25) is 0 Å². The number of hydrogen-bond acceptors (Lipinski definition) is 3. The number of rotatable bonds is 1. The number of thiophene rings is 1. The highest BCUT2D eigenvalue weighted by atomic mass is 79.9. The van der Waals surface area contributed by atoms with Crippen molar-refractivity contribution in [2.45, 2.75) is 5.41 Å². The van der Waals surface area contributed by atoms with Crippen molar-refractivity contribution in [1.29, 1.82) is 5.26 Å². The summed E-state index contributed by atoms with van der Waals surface area (Å²) in [6, 6.07) is 4.57. The third-order valence-corrected chi connectivity index (χ3v) is 5.14. The van der Waals surface area contributed by atoms with Gasteiger partial charge in [-0.05, 0) is 22.0 Å². The van der Waals surface area contributed by atoms with Crippen LogP contribution in [0.2, 0.25) is 0 Å². The molecule has 4 heteroatoms. The van der Waals surface area contributed by atoms with Crippen LogP contribution in [0.1, 0.15) is 4.88 Å². The Morgan fingerprint density at radius 2 is 2.29 bits per heavy atom. The Morgan fingerprint density at radius 3 is 2.79 bits per heavy atom. The third kappa shape index (κ3) is 0.928. The van der Waals surface area contributed by atoms with Gasteiger partial charge < -0.3 is 4.74 Å². The van der Waals surface area contributed by atoms with Gasteiger partial charge in [0.1, 0.15) is 5.41 Å². The normalized spacial score (nSPS) is 39.1. The van der Waals surface area contributed by atoms with Crippen molar-refractivity contribution in [1.82, 2.24) is 0 Å². The van der Waals surface area contributed by atoms with Gasteiger partial charge >= 0.3 is 0 Å². The second kappa shape index (κ2) is 2.82. The molecule has 2 heterocycles. The summed E-state index contributed by atoms with van der Waals surface area (Å²) >= 11 is 5.11. The van der Waals surface area contributed by atoms with E-state index in [0.29, 0.717) is 11.8 Å². The molecule has 14 heavy (non-hydrogen) atoms. The maximum atomic E-state index is 9.31. The molecule has 0 spiro atoms. The first-order valence-corrected chi connectivity index (χ1v) is 6.20. The summed E-state index contributed by atoms with van der Waals surface area (Å²) in [5, 5.41) is 11.4. The summed E-state index contributed by atoms with van der Waals surface area (Å²) in [4.78, 5) is 1.20. The molecule has 1 saturated heterocycles. The Balaban J connectivity index is 2.02. The molecule has 72 valence electrons. The lowest BCUT2D eigenvalue weighted by Crippen LogP contribution is -2.14. The molecule has 1 unspecified atom stereocenters. The number of ether oxygens (including phenoxy) is 1. The minimum atomic E-state index is -0.213. The van der Waals surface area contributed by atoms with Gasteiger partial charge in [-0.25, -0.2) is 0 Å². The molecule has 2 nitrogen and oxygen atoms in total. The molecule has 1 aromatic rings. The van der Waals surface area contributed by atoms with Crippen molar-refractivity contribution in [2.75, 3.05) is 13.2 Å². The predicted molar refractivity (Wildman–Crippen MR) is 57.1 cm³/mol. The fraction of sp³-hybridized carbons (Fsp3) is 0.500. The minimum absolute atomic E-state index is 0.213. The molecule has 0 radical (unpaired) electrons. The Hall–Kier alpha value is -0.370. The zero-order valence-corrected chi connectivity index (χ0v) is 9.77. The average molecular weight is 270 g/mol. The highest BCUT2D eigenvalue weighted by Crippen LogP contribution is 2.63. The van der Waals surface area contributed by atoms with Crippen LogP contribution in [-0.2, 0) is 10.2 Å². The Bertz CT molecular complexity index is 412. The maximum absolute atomic E-state index is 9.31. The van der Waals surface area contributed by atoms with Gasteiger partial charge in [0.05, 0.1) is 19.3 Å². The van der Waals surface area contributed by atoms with Gasteiger partial charge in [0.15, 0.2) is 0 Å². The Labute approximate surface area is 94.6 Å². The van der Waals surface area contributed by atoms with Crippen LogP contribution < -0.4 is 0 Å². The summed E-state index contributed by atoms with van der Waals surface area (Å²) in [5.74, 6) is 0.885. The van der Waals surface area contributed by atoms with Crippen LogP contribution in [0.5, 0.6) is 0 Å². The van der Waals surface area contributed by atoms with E-state index in [9.17, 15) is 5.26 Å². The van der Waals surface area contributed by atoms with Crippen LogP contribution in [0.15, 0.2) is 15.9 Å². The van der Waals surface area contributed by atoms with Crippen molar-refractivity contribution in [3.8, 4) is 6.07 Å². The van der Waals surface area contributed by atoms with Crippen molar-refractivity contribution in [2.24, 2.45) is 11.8 Å². The lowest BCUT2D eigenvalue weighted by molar-refractivity contribution is 0.152. The first kappa shape index (κ1) is 8.90. The SMILES string of the molecule is N#CC1(c2cc(Br)cs2)[C@@H]2COC[C@@H]21. The van der Waals surface area contributed by atoms with Crippen LogP contribution >= 0.6 is 27.3 Å². The highest BCUT2D eigenvalue weighted by molar-refractivity contribution is 9.10. The zero-order valence-electron chi connectivity index (χ0n) is 7.37. The summed E-state index contributed by atoms with van der Waals surface area (Å²) in [5.41, 5.74) is -0.213. The molecule has 0 amide bonds. The molecule has 1 aromatic heterocycles.